The molecule has 3 N–H and O–H groups in total. The number of piperidine rings is 1. The molecule has 6 nitrogen and oxygen atoms in total. The highest BCUT2D eigenvalue weighted by Gasteiger charge is 2.25. The van der Waals surface area contributed by atoms with Crippen molar-refractivity contribution in [3.05, 3.63) is 5.56 Å². The molecule has 0 radical (unpaired) electrons. The molecule has 1 aromatic rings. The van der Waals surface area contributed by atoms with Gasteiger partial charge in [-0.1, -0.05) is 13.3 Å². The van der Waals surface area contributed by atoms with E-state index < -0.39 is 0 Å². The van der Waals surface area contributed by atoms with E-state index in [1.165, 1.54) is 0 Å². The highest BCUT2D eigenvalue weighted by molar-refractivity contribution is 5.65. The third kappa shape index (κ3) is 2.88. The molecule has 1 aliphatic rings. The molecule has 0 aliphatic carbocycles. The van der Waals surface area contributed by atoms with Gasteiger partial charge >= 0.3 is 0 Å². The van der Waals surface area contributed by atoms with Gasteiger partial charge in [0.25, 0.3) is 0 Å². The molecular weight excluding hydrogens is 254 g/mol. The summed E-state index contributed by atoms with van der Waals surface area (Å²) in [4.78, 5) is 2.09. The van der Waals surface area contributed by atoms with Crippen LogP contribution in [0.5, 0.6) is 0 Å². The van der Waals surface area contributed by atoms with Crippen LogP contribution < -0.4 is 10.6 Å². The van der Waals surface area contributed by atoms with Gasteiger partial charge in [0.2, 0.25) is 0 Å². The van der Waals surface area contributed by atoms with Crippen molar-refractivity contribution in [3.63, 3.8) is 0 Å². The molecule has 110 valence electrons. The highest BCUT2D eigenvalue weighted by atomic mass is 16.3. The van der Waals surface area contributed by atoms with E-state index in [1.54, 1.807) is 4.68 Å². The van der Waals surface area contributed by atoms with Crippen LogP contribution in [0.3, 0.4) is 0 Å². The first-order valence-corrected chi connectivity index (χ1v) is 7.33. The number of aromatic nitrogens is 2. The standard InChI is InChI=1S/C14H23N5O/c1-2-3-7-19-13(16)12(8-15)14(17-19)18-6-4-5-11(9-18)10-20/h11,20H,2-7,9-10,16H2,1H3. The fourth-order valence-corrected chi connectivity index (χ4v) is 2.68. The molecule has 20 heavy (non-hydrogen) atoms. The van der Waals surface area contributed by atoms with Gasteiger partial charge in [0.15, 0.2) is 5.82 Å². The molecule has 2 heterocycles. The van der Waals surface area contributed by atoms with E-state index in [-0.39, 0.29) is 12.5 Å². The Morgan fingerprint density at radius 3 is 3.00 bits per heavy atom. The van der Waals surface area contributed by atoms with E-state index in [9.17, 15) is 10.4 Å². The zero-order valence-electron chi connectivity index (χ0n) is 12.0. The monoisotopic (exact) mass is 277 g/mol. The molecule has 1 fully saturated rings. The molecule has 6 heteroatoms. The van der Waals surface area contributed by atoms with E-state index in [0.717, 1.165) is 45.3 Å². The van der Waals surface area contributed by atoms with Crippen LogP contribution in [-0.4, -0.2) is 34.6 Å². The molecule has 1 saturated heterocycles. The quantitative estimate of drug-likeness (QED) is 0.847. The number of hydrogen-bond acceptors (Lipinski definition) is 5. The summed E-state index contributed by atoms with van der Waals surface area (Å²) in [5, 5.41) is 23.2. The SMILES string of the molecule is CCCCn1nc(N2CCCC(CO)C2)c(C#N)c1N. The molecule has 1 aromatic heterocycles. The summed E-state index contributed by atoms with van der Waals surface area (Å²) >= 11 is 0. The number of anilines is 2. The van der Waals surface area contributed by atoms with Gasteiger partial charge in [-0.2, -0.15) is 10.4 Å². The Kier molecular flexibility index (Phi) is 4.85. The van der Waals surface area contributed by atoms with Crippen LogP contribution in [0.1, 0.15) is 38.2 Å². The van der Waals surface area contributed by atoms with Gasteiger partial charge < -0.3 is 15.7 Å². The lowest BCUT2D eigenvalue weighted by molar-refractivity contribution is 0.208. The second-order valence-electron chi connectivity index (χ2n) is 5.41. The van der Waals surface area contributed by atoms with E-state index in [2.05, 4.69) is 23.0 Å². The van der Waals surface area contributed by atoms with E-state index >= 15 is 0 Å². The highest BCUT2D eigenvalue weighted by Crippen LogP contribution is 2.28. The first-order valence-electron chi connectivity index (χ1n) is 7.33. The fraction of sp³-hybridized carbons (Fsp3) is 0.714. The van der Waals surface area contributed by atoms with Gasteiger partial charge in [0, 0.05) is 26.2 Å². The van der Waals surface area contributed by atoms with Crippen molar-refractivity contribution >= 4 is 11.6 Å². The van der Waals surface area contributed by atoms with Gasteiger partial charge in [-0.3, -0.25) is 0 Å². The number of nitrogen functional groups attached to an aromatic ring is 1. The van der Waals surface area contributed by atoms with Crippen LogP contribution in [0.2, 0.25) is 0 Å². The lowest BCUT2D eigenvalue weighted by atomic mass is 9.99. The van der Waals surface area contributed by atoms with Gasteiger partial charge in [-0.25, -0.2) is 4.68 Å². The number of rotatable bonds is 5. The topological polar surface area (TPSA) is 91.1 Å². The van der Waals surface area contributed by atoms with Crippen LogP contribution in [0.4, 0.5) is 11.6 Å². The van der Waals surface area contributed by atoms with Gasteiger partial charge in [-0.15, -0.1) is 0 Å². The first kappa shape index (κ1) is 14.7. The summed E-state index contributed by atoms with van der Waals surface area (Å²) in [7, 11) is 0. The van der Waals surface area contributed by atoms with E-state index in [4.69, 9.17) is 5.73 Å². The largest absolute Gasteiger partial charge is 0.396 e. The van der Waals surface area contributed by atoms with Crippen molar-refractivity contribution in [1.82, 2.24) is 9.78 Å². The minimum atomic E-state index is 0.185. The number of aliphatic hydroxyl groups is 1. The third-order valence-corrected chi connectivity index (χ3v) is 3.89. The Morgan fingerprint density at radius 2 is 2.35 bits per heavy atom. The number of nitriles is 1. The minimum absolute atomic E-state index is 0.185. The molecule has 0 saturated carbocycles. The maximum Gasteiger partial charge on any atom is 0.170 e. The van der Waals surface area contributed by atoms with Crippen LogP contribution in [-0.2, 0) is 6.54 Å². The zero-order valence-corrected chi connectivity index (χ0v) is 12.0. The second-order valence-corrected chi connectivity index (χ2v) is 5.41. The molecule has 0 amide bonds. The molecule has 1 unspecified atom stereocenters. The second kappa shape index (κ2) is 6.62. The molecular formula is C14H23N5O. The lowest BCUT2D eigenvalue weighted by Crippen LogP contribution is -2.37. The fourth-order valence-electron chi connectivity index (χ4n) is 2.68. The summed E-state index contributed by atoms with van der Waals surface area (Å²) < 4.78 is 1.74. The smallest absolute Gasteiger partial charge is 0.170 e. The van der Waals surface area contributed by atoms with Gasteiger partial charge in [0.1, 0.15) is 17.5 Å². The Balaban J connectivity index is 2.24. The van der Waals surface area contributed by atoms with E-state index in [1.807, 2.05) is 0 Å². The van der Waals surface area contributed by atoms with Crippen molar-refractivity contribution < 1.29 is 5.11 Å². The number of aliphatic hydroxyl groups excluding tert-OH is 1. The zero-order chi connectivity index (χ0) is 14.5. The lowest BCUT2D eigenvalue weighted by Gasteiger charge is -2.32. The molecule has 1 atom stereocenters. The van der Waals surface area contributed by atoms with Crippen molar-refractivity contribution in [2.24, 2.45) is 5.92 Å². The summed E-state index contributed by atoms with van der Waals surface area (Å²) in [5.74, 6) is 1.40. The maximum atomic E-state index is 9.33. The molecule has 1 aliphatic heterocycles. The van der Waals surface area contributed by atoms with Crippen molar-refractivity contribution in [2.75, 3.05) is 30.3 Å². The molecule has 0 bridgehead atoms. The first-order chi connectivity index (χ1) is 9.71. The van der Waals surface area contributed by atoms with Crippen LogP contribution in [0.15, 0.2) is 0 Å². The van der Waals surface area contributed by atoms with E-state index in [0.29, 0.717) is 17.2 Å². The van der Waals surface area contributed by atoms with Crippen molar-refractivity contribution in [1.29, 1.82) is 5.26 Å². The van der Waals surface area contributed by atoms with Crippen LogP contribution >= 0.6 is 0 Å². The predicted molar refractivity (Wildman–Crippen MR) is 78.3 cm³/mol. The molecule has 2 rings (SSSR count). The minimum Gasteiger partial charge on any atom is -0.396 e. The van der Waals surface area contributed by atoms with Crippen molar-refractivity contribution in [2.45, 2.75) is 39.2 Å². The number of nitrogens with zero attached hydrogens (tertiary/aromatic N) is 4. The summed E-state index contributed by atoms with van der Waals surface area (Å²) in [6.45, 7) is 4.66. The predicted octanol–water partition coefficient (Wildman–Crippen LogP) is 1.35. The molecule has 0 aromatic carbocycles. The average Bonchev–Trinajstić information content (AvgIpc) is 2.81. The maximum absolute atomic E-state index is 9.33. The van der Waals surface area contributed by atoms with Crippen LogP contribution in [0, 0.1) is 17.2 Å². The van der Waals surface area contributed by atoms with Crippen molar-refractivity contribution in [3.8, 4) is 6.07 Å². The summed E-state index contributed by atoms with van der Waals surface area (Å²) in [5.41, 5.74) is 6.50. The van der Waals surface area contributed by atoms with Gasteiger partial charge in [-0.05, 0) is 25.2 Å². The number of aryl methyl sites for hydroxylation is 1. The molecule has 0 spiro atoms. The Hall–Kier alpha value is -1.74. The third-order valence-electron chi connectivity index (χ3n) is 3.89. The van der Waals surface area contributed by atoms with Crippen LogP contribution in [0.25, 0.3) is 0 Å². The van der Waals surface area contributed by atoms with Gasteiger partial charge in [0.05, 0.1) is 0 Å². The Bertz CT molecular complexity index is 490. The Morgan fingerprint density at radius 1 is 1.55 bits per heavy atom. The number of nitrogens with two attached hydrogens (primary N) is 1. The number of hydrogen-bond donors (Lipinski definition) is 2. The normalized spacial score (nSPS) is 19.1. The summed E-state index contributed by atoms with van der Waals surface area (Å²) in [6.07, 6.45) is 4.10. The Labute approximate surface area is 119 Å². The number of unbranched alkanes of at least 4 members (excludes halogenated alkanes) is 1. The average molecular weight is 277 g/mol. The summed E-state index contributed by atoms with van der Waals surface area (Å²) in [6, 6.07) is 2.18.